The SMILES string of the molecule is COCC1OC(C)(C)OC1C1CCC1.O=C(O)c1ccccc1. The van der Waals surface area contributed by atoms with Crippen LogP contribution in [0.3, 0.4) is 0 Å². The molecular weight excluding hydrogens is 296 g/mol. The quantitative estimate of drug-likeness (QED) is 0.921. The van der Waals surface area contributed by atoms with E-state index in [-0.39, 0.29) is 12.2 Å². The molecule has 2 unspecified atom stereocenters. The maximum Gasteiger partial charge on any atom is 0.335 e. The highest BCUT2D eigenvalue weighted by molar-refractivity contribution is 5.87. The van der Waals surface area contributed by atoms with Crippen LogP contribution < -0.4 is 0 Å². The Morgan fingerprint density at radius 1 is 1.26 bits per heavy atom. The number of carbonyl (C=O) groups is 1. The predicted octanol–water partition coefficient (Wildman–Crippen LogP) is 3.34. The van der Waals surface area contributed by atoms with E-state index in [0.29, 0.717) is 18.1 Å². The minimum Gasteiger partial charge on any atom is -0.478 e. The van der Waals surface area contributed by atoms with Crippen LogP contribution >= 0.6 is 0 Å². The molecule has 1 heterocycles. The maximum atomic E-state index is 10.2. The molecule has 0 amide bonds. The molecule has 1 aliphatic heterocycles. The summed E-state index contributed by atoms with van der Waals surface area (Å²) in [5.74, 6) is -0.615. The highest BCUT2D eigenvalue weighted by Gasteiger charge is 2.46. The fraction of sp³-hybridized carbons (Fsp3) is 0.611. The average Bonchev–Trinajstić information content (AvgIpc) is 2.74. The Morgan fingerprint density at radius 2 is 1.91 bits per heavy atom. The fourth-order valence-corrected chi connectivity index (χ4v) is 2.91. The first-order valence-electron chi connectivity index (χ1n) is 8.06. The summed E-state index contributed by atoms with van der Waals surface area (Å²) in [6.07, 6.45) is 4.28. The molecule has 23 heavy (non-hydrogen) atoms. The Bertz CT molecular complexity index is 495. The number of aromatic carboxylic acids is 1. The van der Waals surface area contributed by atoms with Crippen molar-refractivity contribution < 1.29 is 24.1 Å². The van der Waals surface area contributed by atoms with Crippen LogP contribution in [0.15, 0.2) is 30.3 Å². The molecule has 2 aliphatic rings. The van der Waals surface area contributed by atoms with Crippen LogP contribution in [0.2, 0.25) is 0 Å². The van der Waals surface area contributed by atoms with E-state index in [1.54, 1.807) is 37.4 Å². The van der Waals surface area contributed by atoms with Gasteiger partial charge in [-0.05, 0) is 44.7 Å². The maximum absolute atomic E-state index is 10.2. The normalized spacial score (nSPS) is 26.0. The largest absolute Gasteiger partial charge is 0.478 e. The summed E-state index contributed by atoms with van der Waals surface area (Å²) in [4.78, 5) is 10.2. The van der Waals surface area contributed by atoms with Crippen LogP contribution in [-0.2, 0) is 14.2 Å². The molecule has 1 saturated heterocycles. The van der Waals surface area contributed by atoms with Gasteiger partial charge in [0, 0.05) is 7.11 Å². The minimum atomic E-state index is -0.879. The summed E-state index contributed by atoms with van der Waals surface area (Å²) in [7, 11) is 1.71. The highest BCUT2D eigenvalue weighted by Crippen LogP contribution is 2.40. The van der Waals surface area contributed by atoms with Gasteiger partial charge in [0.2, 0.25) is 0 Å². The second-order valence-electron chi connectivity index (χ2n) is 6.46. The third kappa shape index (κ3) is 5.03. The first-order valence-corrected chi connectivity index (χ1v) is 8.06. The predicted molar refractivity (Wildman–Crippen MR) is 86.4 cm³/mol. The molecule has 5 heteroatoms. The molecule has 1 aromatic rings. The number of carboxylic acids is 1. The topological polar surface area (TPSA) is 65.0 Å². The zero-order valence-corrected chi connectivity index (χ0v) is 14.0. The molecule has 0 bridgehead atoms. The molecule has 1 saturated carbocycles. The summed E-state index contributed by atoms with van der Waals surface area (Å²) in [6, 6.07) is 8.30. The van der Waals surface area contributed by atoms with Gasteiger partial charge in [0.15, 0.2) is 5.79 Å². The van der Waals surface area contributed by atoms with Crippen LogP contribution in [0, 0.1) is 5.92 Å². The second-order valence-corrected chi connectivity index (χ2v) is 6.46. The smallest absolute Gasteiger partial charge is 0.335 e. The number of rotatable bonds is 4. The summed E-state index contributed by atoms with van der Waals surface area (Å²) < 4.78 is 16.9. The molecule has 2 atom stereocenters. The van der Waals surface area contributed by atoms with E-state index in [1.165, 1.54) is 19.3 Å². The Hall–Kier alpha value is -1.43. The van der Waals surface area contributed by atoms with Gasteiger partial charge in [-0.3, -0.25) is 0 Å². The number of benzene rings is 1. The van der Waals surface area contributed by atoms with Gasteiger partial charge < -0.3 is 19.3 Å². The number of hydrogen-bond acceptors (Lipinski definition) is 4. The zero-order chi connectivity index (χ0) is 16.9. The first kappa shape index (κ1) is 17.9. The molecule has 0 spiro atoms. The lowest BCUT2D eigenvalue weighted by Crippen LogP contribution is -2.37. The summed E-state index contributed by atoms with van der Waals surface area (Å²) >= 11 is 0. The molecule has 0 aromatic heterocycles. The molecule has 1 aliphatic carbocycles. The van der Waals surface area contributed by atoms with Gasteiger partial charge in [0.25, 0.3) is 0 Å². The van der Waals surface area contributed by atoms with E-state index in [0.717, 1.165) is 0 Å². The summed E-state index contributed by atoms with van der Waals surface area (Å²) in [5.41, 5.74) is 0.331. The van der Waals surface area contributed by atoms with E-state index >= 15 is 0 Å². The Morgan fingerprint density at radius 3 is 2.35 bits per heavy atom. The van der Waals surface area contributed by atoms with Crippen molar-refractivity contribution in [3.63, 3.8) is 0 Å². The van der Waals surface area contributed by atoms with Crippen LogP contribution in [0.4, 0.5) is 0 Å². The molecule has 2 fully saturated rings. The van der Waals surface area contributed by atoms with E-state index in [2.05, 4.69) is 0 Å². The lowest BCUT2D eigenvalue weighted by atomic mass is 9.79. The molecular formula is C18H26O5. The summed E-state index contributed by atoms with van der Waals surface area (Å²) in [5, 5.41) is 8.38. The van der Waals surface area contributed by atoms with Crippen LogP contribution in [0.25, 0.3) is 0 Å². The number of hydrogen-bond donors (Lipinski definition) is 1. The van der Waals surface area contributed by atoms with Gasteiger partial charge >= 0.3 is 5.97 Å². The van der Waals surface area contributed by atoms with Gasteiger partial charge in [0.05, 0.1) is 18.3 Å². The standard InChI is InChI=1S/C11H20O3.C7H6O2/c1-11(2)13-9(7-12-3)10(14-11)8-5-4-6-8;8-7(9)6-4-2-1-3-5-6/h8-10H,4-7H2,1-3H3;1-5H,(H,8,9). The lowest BCUT2D eigenvalue weighted by molar-refractivity contribution is -0.155. The van der Waals surface area contributed by atoms with Crippen molar-refractivity contribution in [2.45, 2.75) is 51.1 Å². The zero-order valence-electron chi connectivity index (χ0n) is 14.0. The summed E-state index contributed by atoms with van der Waals surface area (Å²) in [6.45, 7) is 4.60. The average molecular weight is 322 g/mol. The van der Waals surface area contributed by atoms with E-state index in [4.69, 9.17) is 19.3 Å². The van der Waals surface area contributed by atoms with Gasteiger partial charge in [-0.1, -0.05) is 24.6 Å². The van der Waals surface area contributed by atoms with Crippen LogP contribution in [0.1, 0.15) is 43.5 Å². The van der Waals surface area contributed by atoms with Crippen molar-refractivity contribution >= 4 is 5.97 Å². The highest BCUT2D eigenvalue weighted by atomic mass is 16.8. The molecule has 1 N–H and O–H groups in total. The fourth-order valence-electron chi connectivity index (χ4n) is 2.91. The van der Waals surface area contributed by atoms with Gasteiger partial charge in [-0.2, -0.15) is 0 Å². The number of carboxylic acid groups (broad SMARTS) is 1. The third-order valence-corrected chi connectivity index (χ3v) is 4.19. The van der Waals surface area contributed by atoms with E-state index in [9.17, 15) is 4.79 Å². The molecule has 0 radical (unpaired) electrons. The minimum absolute atomic E-state index is 0.125. The van der Waals surface area contributed by atoms with Crippen molar-refractivity contribution in [2.24, 2.45) is 5.92 Å². The molecule has 3 rings (SSSR count). The van der Waals surface area contributed by atoms with E-state index < -0.39 is 11.8 Å². The first-order chi connectivity index (χ1) is 10.9. The van der Waals surface area contributed by atoms with Crippen LogP contribution in [-0.4, -0.2) is 42.8 Å². The van der Waals surface area contributed by atoms with Crippen molar-refractivity contribution in [3.05, 3.63) is 35.9 Å². The van der Waals surface area contributed by atoms with E-state index in [1.807, 2.05) is 13.8 Å². The van der Waals surface area contributed by atoms with Crippen molar-refractivity contribution in [1.29, 1.82) is 0 Å². The number of methoxy groups -OCH3 is 1. The lowest BCUT2D eigenvalue weighted by Gasteiger charge is -2.32. The monoisotopic (exact) mass is 322 g/mol. The molecule has 1 aromatic carbocycles. The van der Waals surface area contributed by atoms with Crippen molar-refractivity contribution in [3.8, 4) is 0 Å². The van der Waals surface area contributed by atoms with Gasteiger partial charge in [0.1, 0.15) is 6.10 Å². The number of ether oxygens (including phenoxy) is 3. The third-order valence-electron chi connectivity index (χ3n) is 4.19. The Kier molecular flexibility index (Phi) is 6.16. The molecule has 128 valence electrons. The Balaban J connectivity index is 0.000000185. The molecule has 5 nitrogen and oxygen atoms in total. The van der Waals surface area contributed by atoms with Crippen molar-refractivity contribution in [1.82, 2.24) is 0 Å². The Labute approximate surface area is 137 Å². The van der Waals surface area contributed by atoms with Gasteiger partial charge in [-0.25, -0.2) is 4.79 Å². The van der Waals surface area contributed by atoms with Crippen LogP contribution in [0.5, 0.6) is 0 Å². The van der Waals surface area contributed by atoms with Gasteiger partial charge in [-0.15, -0.1) is 0 Å². The second kappa shape index (κ2) is 7.90. The van der Waals surface area contributed by atoms with Crippen molar-refractivity contribution in [2.75, 3.05) is 13.7 Å².